The van der Waals surface area contributed by atoms with Crippen LogP contribution in [-0.2, 0) is 16.6 Å². The van der Waals surface area contributed by atoms with Crippen molar-refractivity contribution in [1.29, 1.82) is 0 Å². The van der Waals surface area contributed by atoms with Crippen molar-refractivity contribution in [3.05, 3.63) is 11.1 Å². The van der Waals surface area contributed by atoms with Crippen molar-refractivity contribution in [1.82, 2.24) is 9.88 Å². The van der Waals surface area contributed by atoms with Gasteiger partial charge in [-0.3, -0.25) is 9.62 Å². The molecule has 5 nitrogen and oxygen atoms in total. The van der Waals surface area contributed by atoms with Gasteiger partial charge >= 0.3 is 0 Å². The third-order valence-corrected chi connectivity index (χ3v) is 4.65. The molecule has 1 aliphatic heterocycles. The second kappa shape index (κ2) is 5.76. The van der Waals surface area contributed by atoms with Crippen LogP contribution < -0.4 is 4.72 Å². The Kier molecular flexibility index (Phi) is 4.47. The number of thiazole rings is 1. The molecule has 19 heavy (non-hydrogen) atoms. The summed E-state index contributed by atoms with van der Waals surface area (Å²) < 4.78 is 24.7. The summed E-state index contributed by atoms with van der Waals surface area (Å²) in [5.41, 5.74) is 0.942. The summed E-state index contributed by atoms with van der Waals surface area (Å²) in [4.78, 5) is 6.73. The Morgan fingerprint density at radius 1 is 1.42 bits per heavy atom. The Bertz CT molecular complexity index is 517. The highest BCUT2D eigenvalue weighted by molar-refractivity contribution is 7.92. The molecule has 1 aromatic heterocycles. The van der Waals surface area contributed by atoms with Crippen LogP contribution in [0, 0.1) is 11.8 Å². The zero-order valence-corrected chi connectivity index (χ0v) is 13.2. The van der Waals surface area contributed by atoms with Gasteiger partial charge in [0.05, 0.1) is 11.9 Å². The summed E-state index contributed by atoms with van der Waals surface area (Å²) in [5, 5.41) is 2.38. The monoisotopic (exact) mass is 303 g/mol. The maximum Gasteiger partial charge on any atom is 0.231 e. The largest absolute Gasteiger partial charge is 0.297 e. The molecule has 0 spiro atoms. The Labute approximate surface area is 119 Å². The standard InChI is InChI=1S/C12H21N3O2S2/c1-9-4-10(2)6-15(5-9)7-11-8-18-12(13-11)14-19(3,16)17/h8-10H,4-7H2,1-3H3,(H,13,14)/t9-,10-/m0/s1. The van der Waals surface area contributed by atoms with Crippen LogP contribution in [0.5, 0.6) is 0 Å². The number of nitrogens with one attached hydrogen (secondary N) is 1. The van der Waals surface area contributed by atoms with Crippen molar-refractivity contribution < 1.29 is 8.42 Å². The van der Waals surface area contributed by atoms with E-state index in [0.29, 0.717) is 5.13 Å². The quantitative estimate of drug-likeness (QED) is 0.924. The van der Waals surface area contributed by atoms with Crippen LogP contribution in [0.3, 0.4) is 0 Å². The van der Waals surface area contributed by atoms with Gasteiger partial charge in [0.2, 0.25) is 10.0 Å². The van der Waals surface area contributed by atoms with Gasteiger partial charge in [-0.15, -0.1) is 11.3 Å². The third-order valence-electron chi connectivity index (χ3n) is 3.15. The number of likely N-dealkylation sites (tertiary alicyclic amines) is 1. The van der Waals surface area contributed by atoms with Crippen molar-refractivity contribution in [2.45, 2.75) is 26.8 Å². The minimum atomic E-state index is -3.23. The molecule has 0 radical (unpaired) electrons. The minimum Gasteiger partial charge on any atom is -0.297 e. The lowest BCUT2D eigenvalue weighted by Crippen LogP contribution is -2.38. The van der Waals surface area contributed by atoms with Gasteiger partial charge < -0.3 is 0 Å². The zero-order chi connectivity index (χ0) is 14.0. The first-order valence-electron chi connectivity index (χ1n) is 6.46. The maximum atomic E-state index is 11.1. The summed E-state index contributed by atoms with van der Waals surface area (Å²) in [6, 6.07) is 0. The van der Waals surface area contributed by atoms with Gasteiger partial charge in [-0.2, -0.15) is 0 Å². The average molecular weight is 303 g/mol. The highest BCUT2D eigenvalue weighted by Crippen LogP contribution is 2.24. The summed E-state index contributed by atoms with van der Waals surface area (Å²) in [5.74, 6) is 1.44. The molecular weight excluding hydrogens is 282 g/mol. The van der Waals surface area contributed by atoms with Crippen LogP contribution in [0.4, 0.5) is 5.13 Å². The lowest BCUT2D eigenvalue weighted by atomic mass is 9.92. The molecule has 0 aliphatic carbocycles. The molecule has 1 fully saturated rings. The summed E-state index contributed by atoms with van der Waals surface area (Å²) in [7, 11) is -3.23. The SMILES string of the molecule is C[C@H]1C[C@H](C)CN(Cc2csc(NS(C)(=O)=O)n2)C1. The summed E-state index contributed by atoms with van der Waals surface area (Å²) >= 11 is 1.34. The van der Waals surface area contributed by atoms with E-state index in [1.54, 1.807) is 0 Å². The molecule has 1 saturated heterocycles. The van der Waals surface area contributed by atoms with E-state index in [1.807, 2.05) is 5.38 Å². The molecule has 0 bridgehead atoms. The number of rotatable bonds is 4. The van der Waals surface area contributed by atoms with Crippen LogP contribution in [0.1, 0.15) is 26.0 Å². The van der Waals surface area contributed by atoms with Crippen LogP contribution in [0.2, 0.25) is 0 Å². The molecule has 7 heteroatoms. The normalized spacial score (nSPS) is 25.4. The first kappa shape index (κ1) is 14.7. The molecule has 2 heterocycles. The number of hydrogen-bond acceptors (Lipinski definition) is 5. The van der Waals surface area contributed by atoms with Gasteiger partial charge in [-0.1, -0.05) is 13.8 Å². The van der Waals surface area contributed by atoms with Gasteiger partial charge in [0.1, 0.15) is 0 Å². The van der Waals surface area contributed by atoms with E-state index in [4.69, 9.17) is 0 Å². The zero-order valence-electron chi connectivity index (χ0n) is 11.6. The molecule has 1 aromatic rings. The van der Waals surface area contributed by atoms with E-state index in [1.165, 1.54) is 17.8 Å². The Morgan fingerprint density at radius 3 is 2.63 bits per heavy atom. The van der Waals surface area contributed by atoms with Crippen molar-refractivity contribution in [2.75, 3.05) is 24.1 Å². The summed E-state index contributed by atoms with van der Waals surface area (Å²) in [6.07, 6.45) is 2.43. The first-order chi connectivity index (χ1) is 8.82. The molecule has 0 unspecified atom stereocenters. The fraction of sp³-hybridized carbons (Fsp3) is 0.750. The van der Waals surface area contributed by atoms with Crippen LogP contribution in [0.15, 0.2) is 5.38 Å². The van der Waals surface area contributed by atoms with Crippen molar-refractivity contribution in [2.24, 2.45) is 11.8 Å². The second-order valence-corrected chi connectivity index (χ2v) is 8.26. The highest BCUT2D eigenvalue weighted by Gasteiger charge is 2.22. The average Bonchev–Trinajstić information content (AvgIpc) is 2.60. The Hall–Kier alpha value is -0.660. The number of piperidine rings is 1. The van der Waals surface area contributed by atoms with E-state index < -0.39 is 10.0 Å². The van der Waals surface area contributed by atoms with Gasteiger partial charge in [-0.25, -0.2) is 13.4 Å². The Balaban J connectivity index is 1.96. The van der Waals surface area contributed by atoms with Crippen LogP contribution >= 0.6 is 11.3 Å². The van der Waals surface area contributed by atoms with Gasteiger partial charge in [-0.05, 0) is 18.3 Å². The number of anilines is 1. The molecule has 2 atom stereocenters. The molecule has 0 aromatic carbocycles. The first-order valence-corrected chi connectivity index (χ1v) is 9.23. The molecule has 1 aliphatic rings. The maximum absolute atomic E-state index is 11.1. The predicted molar refractivity (Wildman–Crippen MR) is 78.8 cm³/mol. The highest BCUT2D eigenvalue weighted by atomic mass is 32.2. The lowest BCUT2D eigenvalue weighted by Gasteiger charge is -2.34. The fourth-order valence-electron chi connectivity index (χ4n) is 2.74. The van der Waals surface area contributed by atoms with E-state index in [0.717, 1.165) is 43.4 Å². The van der Waals surface area contributed by atoms with Crippen molar-refractivity contribution >= 4 is 26.5 Å². The van der Waals surface area contributed by atoms with E-state index in [2.05, 4.69) is 28.5 Å². The van der Waals surface area contributed by atoms with Gasteiger partial charge in [0, 0.05) is 25.0 Å². The van der Waals surface area contributed by atoms with Gasteiger partial charge in [0.15, 0.2) is 5.13 Å². The lowest BCUT2D eigenvalue weighted by molar-refractivity contribution is 0.133. The fourth-order valence-corrected chi connectivity index (χ4v) is 4.29. The van der Waals surface area contributed by atoms with Crippen LogP contribution in [0.25, 0.3) is 0 Å². The Morgan fingerprint density at radius 2 is 2.05 bits per heavy atom. The summed E-state index contributed by atoms with van der Waals surface area (Å²) in [6.45, 7) is 7.55. The van der Waals surface area contributed by atoms with Gasteiger partial charge in [0.25, 0.3) is 0 Å². The number of nitrogens with zero attached hydrogens (tertiary/aromatic N) is 2. The van der Waals surface area contributed by atoms with E-state index in [-0.39, 0.29) is 0 Å². The smallest absolute Gasteiger partial charge is 0.231 e. The molecule has 0 amide bonds. The molecule has 2 rings (SSSR count). The van der Waals surface area contributed by atoms with Crippen molar-refractivity contribution in [3.8, 4) is 0 Å². The van der Waals surface area contributed by atoms with Crippen molar-refractivity contribution in [3.63, 3.8) is 0 Å². The third kappa shape index (κ3) is 4.74. The number of sulfonamides is 1. The number of hydrogen-bond donors (Lipinski definition) is 1. The second-order valence-electron chi connectivity index (χ2n) is 5.66. The molecule has 1 N–H and O–H groups in total. The van der Waals surface area contributed by atoms with Crippen LogP contribution in [-0.4, -0.2) is 37.6 Å². The molecular formula is C12H21N3O2S2. The minimum absolute atomic E-state index is 0.454. The molecule has 0 saturated carbocycles. The topological polar surface area (TPSA) is 62.3 Å². The number of aromatic nitrogens is 1. The molecule has 108 valence electrons. The predicted octanol–water partition coefficient (Wildman–Crippen LogP) is 1.99. The van der Waals surface area contributed by atoms with E-state index >= 15 is 0 Å². The van der Waals surface area contributed by atoms with E-state index in [9.17, 15) is 8.42 Å².